The van der Waals surface area contributed by atoms with Crippen molar-refractivity contribution < 1.29 is 8.78 Å². The number of aryl methyl sites for hydroxylation is 1. The van der Waals surface area contributed by atoms with Crippen LogP contribution in [0, 0.1) is 18.6 Å². The third-order valence-electron chi connectivity index (χ3n) is 1.23. The monoisotopic (exact) mass is 236 g/mol. The van der Waals surface area contributed by atoms with Gasteiger partial charge >= 0.3 is 0 Å². The van der Waals surface area contributed by atoms with Crippen molar-refractivity contribution in [3.05, 3.63) is 33.8 Å². The Hall–Kier alpha value is -0.440. The third kappa shape index (κ3) is 2.55. The molecule has 3 heteroatoms. The summed E-state index contributed by atoms with van der Waals surface area (Å²) >= 11 is 2.87. The summed E-state index contributed by atoms with van der Waals surface area (Å²) < 4.78 is 25.3. The topological polar surface area (TPSA) is 0 Å². The average molecular weight is 237 g/mol. The first-order valence-corrected chi connectivity index (χ1v) is 4.52. The molecule has 0 bridgehead atoms. The summed E-state index contributed by atoms with van der Waals surface area (Å²) in [5.74, 6) is -1.60. The maximum Gasteiger partial charge on any atom is 0.173 e. The second-order valence-electron chi connectivity index (χ2n) is 1.99. The smallest absolute Gasteiger partial charge is 0.173 e. The van der Waals surface area contributed by atoms with Gasteiger partial charge in [0.1, 0.15) is 0 Å². The van der Waals surface area contributed by atoms with Crippen LogP contribution < -0.4 is 0 Å². The van der Waals surface area contributed by atoms with Crippen molar-refractivity contribution in [2.45, 2.75) is 20.8 Å². The summed E-state index contributed by atoms with van der Waals surface area (Å²) in [7, 11) is 0. The van der Waals surface area contributed by atoms with Crippen molar-refractivity contribution in [2.24, 2.45) is 0 Å². The molecule has 0 aliphatic carbocycles. The van der Waals surface area contributed by atoms with Crippen molar-refractivity contribution in [1.82, 2.24) is 0 Å². The molecule has 0 radical (unpaired) electrons. The van der Waals surface area contributed by atoms with Crippen molar-refractivity contribution >= 4 is 15.9 Å². The zero-order valence-corrected chi connectivity index (χ0v) is 8.87. The molecule has 12 heavy (non-hydrogen) atoms. The van der Waals surface area contributed by atoms with E-state index in [1.54, 1.807) is 0 Å². The molecule has 0 spiro atoms. The van der Waals surface area contributed by atoms with E-state index in [1.165, 1.54) is 19.1 Å². The first kappa shape index (κ1) is 11.6. The molecule has 0 saturated carbocycles. The maximum atomic E-state index is 12.6. The van der Waals surface area contributed by atoms with E-state index in [4.69, 9.17) is 0 Å². The molecule has 0 amide bonds. The van der Waals surface area contributed by atoms with Crippen LogP contribution in [0.4, 0.5) is 8.78 Å². The molecule has 0 saturated heterocycles. The molecule has 1 rings (SSSR count). The van der Waals surface area contributed by atoms with Crippen LogP contribution in [-0.2, 0) is 0 Å². The lowest BCUT2D eigenvalue weighted by Gasteiger charge is -1.97. The molecule has 0 atom stereocenters. The first-order chi connectivity index (χ1) is 5.63. The molecule has 0 nitrogen and oxygen atoms in total. The van der Waals surface area contributed by atoms with Crippen molar-refractivity contribution in [3.63, 3.8) is 0 Å². The minimum atomic E-state index is -0.819. The number of benzene rings is 1. The third-order valence-corrected chi connectivity index (χ3v) is 1.84. The second kappa shape index (κ2) is 5.25. The lowest BCUT2D eigenvalue weighted by Crippen LogP contribution is -1.88. The Morgan fingerprint density at radius 3 is 2.00 bits per heavy atom. The van der Waals surface area contributed by atoms with E-state index in [-0.39, 0.29) is 4.47 Å². The summed E-state index contributed by atoms with van der Waals surface area (Å²) in [6, 6.07) is 3.00. The van der Waals surface area contributed by atoms with Gasteiger partial charge in [-0.3, -0.25) is 0 Å². The van der Waals surface area contributed by atoms with E-state index in [9.17, 15) is 8.78 Å². The zero-order valence-electron chi connectivity index (χ0n) is 7.29. The zero-order chi connectivity index (χ0) is 9.72. The fraction of sp³-hybridized carbons (Fsp3) is 0.333. The van der Waals surface area contributed by atoms with Crippen LogP contribution in [0.1, 0.15) is 19.4 Å². The Balaban J connectivity index is 0.000000561. The van der Waals surface area contributed by atoms with Gasteiger partial charge in [-0.1, -0.05) is 19.9 Å². The Morgan fingerprint density at radius 1 is 1.08 bits per heavy atom. The van der Waals surface area contributed by atoms with Crippen LogP contribution in [0.25, 0.3) is 0 Å². The van der Waals surface area contributed by atoms with Gasteiger partial charge in [0.05, 0.1) is 4.47 Å². The van der Waals surface area contributed by atoms with Crippen LogP contribution in [-0.4, -0.2) is 0 Å². The maximum absolute atomic E-state index is 12.6. The van der Waals surface area contributed by atoms with Crippen LogP contribution in [0.2, 0.25) is 0 Å². The lowest BCUT2D eigenvalue weighted by atomic mass is 10.2. The van der Waals surface area contributed by atoms with Crippen LogP contribution in [0.15, 0.2) is 16.6 Å². The summed E-state index contributed by atoms with van der Waals surface area (Å²) in [6.07, 6.45) is 0. The molecule has 0 aliphatic heterocycles. The number of hydrogen-bond acceptors (Lipinski definition) is 0. The first-order valence-electron chi connectivity index (χ1n) is 3.73. The molecule has 0 aliphatic rings. The molecule has 0 aromatic heterocycles. The molecule has 68 valence electrons. The van der Waals surface area contributed by atoms with E-state index in [0.717, 1.165) is 0 Å². The van der Waals surface area contributed by atoms with E-state index >= 15 is 0 Å². The van der Waals surface area contributed by atoms with E-state index in [2.05, 4.69) is 15.9 Å². The van der Waals surface area contributed by atoms with Gasteiger partial charge in [-0.05, 0) is 34.5 Å². The highest BCUT2D eigenvalue weighted by molar-refractivity contribution is 9.10. The Bertz CT molecular complexity index is 232. The molecule has 0 unspecified atom stereocenters. The average Bonchev–Trinajstić information content (AvgIpc) is 2.12. The molecule has 1 aromatic carbocycles. The predicted octanol–water partition coefficient (Wildman–Crippen LogP) is 4.06. The van der Waals surface area contributed by atoms with Gasteiger partial charge in [0.15, 0.2) is 11.6 Å². The van der Waals surface area contributed by atoms with Gasteiger partial charge in [-0.2, -0.15) is 0 Å². The highest BCUT2D eigenvalue weighted by Crippen LogP contribution is 2.19. The fourth-order valence-corrected chi connectivity index (χ4v) is 0.929. The lowest BCUT2D eigenvalue weighted by molar-refractivity contribution is 0.499. The quantitative estimate of drug-likeness (QED) is 0.597. The van der Waals surface area contributed by atoms with Gasteiger partial charge < -0.3 is 0 Å². The van der Waals surface area contributed by atoms with E-state index < -0.39 is 11.6 Å². The van der Waals surface area contributed by atoms with Crippen molar-refractivity contribution in [3.8, 4) is 0 Å². The van der Waals surface area contributed by atoms with Gasteiger partial charge in [0.2, 0.25) is 0 Å². The Kier molecular flexibility index (Phi) is 5.06. The molecule has 0 heterocycles. The van der Waals surface area contributed by atoms with Gasteiger partial charge in [-0.15, -0.1) is 0 Å². The molecule has 0 fully saturated rings. The summed E-state index contributed by atoms with van der Waals surface area (Å²) in [5.41, 5.74) is 0.320. The van der Waals surface area contributed by atoms with E-state index in [0.29, 0.717) is 5.56 Å². The Labute approximate surface area is 79.7 Å². The standard InChI is InChI=1S/C7H5BrF2.C2H6/c1-4-2-3-5(8)7(10)6(4)9;1-2/h2-3H,1H3;1-2H3. The molecular weight excluding hydrogens is 226 g/mol. The number of rotatable bonds is 0. The van der Waals surface area contributed by atoms with E-state index in [1.807, 2.05) is 13.8 Å². The van der Waals surface area contributed by atoms with Crippen molar-refractivity contribution in [2.75, 3.05) is 0 Å². The number of hydrogen-bond donors (Lipinski definition) is 0. The molecular formula is C9H11BrF2. The molecule has 1 aromatic rings. The van der Waals surface area contributed by atoms with Crippen LogP contribution in [0.5, 0.6) is 0 Å². The summed E-state index contributed by atoms with van der Waals surface area (Å²) in [4.78, 5) is 0. The highest BCUT2D eigenvalue weighted by Gasteiger charge is 2.07. The van der Waals surface area contributed by atoms with Gasteiger partial charge in [-0.25, -0.2) is 8.78 Å². The van der Waals surface area contributed by atoms with Crippen molar-refractivity contribution in [1.29, 1.82) is 0 Å². The summed E-state index contributed by atoms with van der Waals surface area (Å²) in [6.45, 7) is 5.52. The largest absolute Gasteiger partial charge is 0.203 e. The predicted molar refractivity (Wildman–Crippen MR) is 50.1 cm³/mol. The van der Waals surface area contributed by atoms with Gasteiger partial charge in [0, 0.05) is 0 Å². The van der Waals surface area contributed by atoms with Gasteiger partial charge in [0.25, 0.3) is 0 Å². The summed E-state index contributed by atoms with van der Waals surface area (Å²) in [5, 5.41) is 0. The van der Waals surface area contributed by atoms with Crippen LogP contribution >= 0.6 is 15.9 Å². The van der Waals surface area contributed by atoms with Crippen LogP contribution in [0.3, 0.4) is 0 Å². The fourth-order valence-electron chi connectivity index (χ4n) is 0.622. The highest BCUT2D eigenvalue weighted by atomic mass is 79.9. The normalized spacial score (nSPS) is 8.83. The molecule has 0 N–H and O–H groups in total. The SMILES string of the molecule is CC.Cc1ccc(Br)c(F)c1F. The Morgan fingerprint density at radius 2 is 1.58 bits per heavy atom. The number of halogens is 3. The minimum absolute atomic E-state index is 0.163. The second-order valence-corrected chi connectivity index (χ2v) is 2.85. The minimum Gasteiger partial charge on any atom is -0.203 e.